The molecule has 200 valence electrons. The first-order valence-corrected chi connectivity index (χ1v) is 17.2. The first-order valence-electron chi connectivity index (χ1n) is 12.4. The number of hydrogen-bond acceptors (Lipinski definition) is 0. The summed E-state index contributed by atoms with van der Waals surface area (Å²) in [4.78, 5) is 0. The Labute approximate surface area is 272 Å². The van der Waals surface area contributed by atoms with E-state index in [1.165, 1.54) is 39.0 Å². The largest absolute Gasteiger partial charge is 0.748 e. The van der Waals surface area contributed by atoms with Gasteiger partial charge < -0.3 is 30.3 Å². The van der Waals surface area contributed by atoms with Gasteiger partial charge in [-0.1, -0.05) is 167 Å². The third-order valence-corrected chi connectivity index (χ3v) is 14.6. The zero-order chi connectivity index (χ0) is 26.2. The molecule has 0 aliphatic heterocycles. The number of rotatable bonds is 6. The maximum absolute atomic E-state index is 2.59. The van der Waals surface area contributed by atoms with E-state index in [2.05, 4.69) is 173 Å². The van der Waals surface area contributed by atoms with Crippen LogP contribution in [0.4, 0.5) is 0 Å². The summed E-state index contributed by atoms with van der Waals surface area (Å²) in [5.41, 5.74) is 0. The molecule has 5 heteroatoms. The van der Waals surface area contributed by atoms with Crippen LogP contribution in [0, 0.1) is 7.14 Å². The summed E-state index contributed by atoms with van der Waals surface area (Å²) < 4.78 is 2.73. The molecule has 0 fully saturated rings. The summed E-state index contributed by atoms with van der Waals surface area (Å²) in [6, 6.07) is 56.6. The fourth-order valence-electron chi connectivity index (χ4n) is 4.32. The molecule has 0 atom stereocenters. The Bertz CT molecular complexity index is 1420. The van der Waals surface area contributed by atoms with E-state index in [9.17, 15) is 0 Å². The van der Waals surface area contributed by atoms with Crippen molar-refractivity contribution in [1.29, 1.82) is 0 Å². The number of hydrogen-bond donors (Lipinski definition) is 0. The van der Waals surface area contributed by atoms with Gasteiger partial charge in [0.15, 0.2) is 0 Å². The number of benzene rings is 4. The van der Waals surface area contributed by atoms with Crippen molar-refractivity contribution < 1.29 is 17.1 Å². The van der Waals surface area contributed by atoms with Crippen molar-refractivity contribution in [2.75, 3.05) is 0 Å². The van der Waals surface area contributed by atoms with Gasteiger partial charge in [-0.25, -0.2) is 0 Å². The molecule has 0 aromatic heterocycles. The molecule has 39 heavy (non-hydrogen) atoms. The summed E-state index contributed by atoms with van der Waals surface area (Å²) in [5.74, 6) is 0. The van der Waals surface area contributed by atoms with E-state index in [0.717, 1.165) is 0 Å². The fourth-order valence-corrected chi connectivity index (χ4v) is 12.1. The van der Waals surface area contributed by atoms with Crippen LogP contribution in [0.3, 0.4) is 0 Å². The second kappa shape index (κ2) is 15.4. The Kier molecular flexibility index (Phi) is 12.0. The van der Waals surface area contributed by atoms with E-state index in [0.29, 0.717) is 0 Å². The van der Waals surface area contributed by atoms with Gasteiger partial charge >= 0.3 is 0 Å². The van der Waals surface area contributed by atoms with E-state index < -0.39 is 15.8 Å². The summed E-state index contributed by atoms with van der Waals surface area (Å²) in [6.45, 7) is 0. The summed E-state index contributed by atoms with van der Waals surface area (Å²) in [5, 5.41) is 8.58. The minimum atomic E-state index is -0.676. The van der Waals surface area contributed by atoms with E-state index in [4.69, 9.17) is 0 Å². The zero-order valence-corrected chi connectivity index (χ0v) is 28.2. The molecule has 0 N–H and O–H groups in total. The van der Waals surface area contributed by atoms with Gasteiger partial charge in [0, 0.05) is 17.1 Å². The molecule has 0 aliphatic carbocycles. The topological polar surface area (TPSA) is 0 Å². The maximum Gasteiger partial charge on any atom is 0 e. The molecule has 6 aromatic carbocycles. The predicted molar refractivity (Wildman–Crippen MR) is 187 cm³/mol. The molecule has 0 unspecified atom stereocenters. The van der Waals surface area contributed by atoms with Crippen LogP contribution in [0.1, 0.15) is 0 Å². The van der Waals surface area contributed by atoms with Gasteiger partial charge in [0.1, 0.15) is 0 Å². The second-order valence-electron chi connectivity index (χ2n) is 8.52. The first-order chi connectivity index (χ1) is 18.7. The minimum Gasteiger partial charge on any atom is -0.748 e. The molecule has 6 aromatic rings. The van der Waals surface area contributed by atoms with Gasteiger partial charge in [-0.3, -0.25) is 0 Å². The standard InChI is InChI=1S/C29H21I2P2.C5H5.Fe/c30-26-21-27(32(22-13-5-1-6-14-22)23-15-7-2-8-16-23)29(28(26)31)33(24-17-9-3-10-18-24)25-19-11-4-12-20-25;1-2-4-5-3-1;/h1-21H;1-5H;/q-1;-5;. The molecule has 0 bridgehead atoms. The van der Waals surface area contributed by atoms with Crippen molar-refractivity contribution in [2.45, 2.75) is 0 Å². The van der Waals surface area contributed by atoms with Crippen LogP contribution >= 0.6 is 61.0 Å². The van der Waals surface area contributed by atoms with Crippen LogP contribution in [-0.2, 0) is 17.1 Å². The smallest absolute Gasteiger partial charge is 0 e. The number of halogens is 2. The fraction of sp³-hybridized carbons (Fsp3) is 0. The Morgan fingerprint density at radius 3 is 1.13 bits per heavy atom. The van der Waals surface area contributed by atoms with Gasteiger partial charge in [0.05, 0.1) is 0 Å². The summed E-state index contributed by atoms with van der Waals surface area (Å²) >= 11 is 5.11. The van der Waals surface area contributed by atoms with Crippen LogP contribution in [-0.4, -0.2) is 0 Å². The molecule has 0 radical (unpaired) electrons. The zero-order valence-electron chi connectivity index (χ0n) is 21.0. The van der Waals surface area contributed by atoms with Gasteiger partial charge in [0.2, 0.25) is 0 Å². The molecule has 0 nitrogen and oxygen atoms in total. The molecule has 0 spiro atoms. The van der Waals surface area contributed by atoms with E-state index >= 15 is 0 Å². The first kappa shape index (κ1) is 30.4. The Morgan fingerprint density at radius 1 is 0.487 bits per heavy atom. The quantitative estimate of drug-likeness (QED) is 0.0708. The van der Waals surface area contributed by atoms with Crippen LogP contribution in [0.25, 0.3) is 0 Å². The van der Waals surface area contributed by atoms with Crippen molar-refractivity contribution in [3.8, 4) is 0 Å². The van der Waals surface area contributed by atoms with Gasteiger partial charge in [-0.2, -0.15) is 11.4 Å². The molecule has 0 saturated heterocycles. The Balaban J connectivity index is 0.000000530. The van der Waals surface area contributed by atoms with Crippen LogP contribution in [0.2, 0.25) is 0 Å². The Hall–Kier alpha value is -1.58. The third kappa shape index (κ3) is 7.59. The third-order valence-electron chi connectivity index (χ3n) is 6.00. The molecule has 0 saturated carbocycles. The average Bonchev–Trinajstić information content (AvgIpc) is 3.65. The molecule has 6 rings (SSSR count). The van der Waals surface area contributed by atoms with Crippen molar-refractivity contribution >= 4 is 92.9 Å². The monoisotopic (exact) mass is 806 g/mol. The normalized spacial score (nSPS) is 10.6. The molecular formula is C34H26FeI2P2-6. The van der Waals surface area contributed by atoms with Crippen LogP contribution in [0.15, 0.2) is 158 Å². The Morgan fingerprint density at radius 2 is 0.795 bits per heavy atom. The van der Waals surface area contributed by atoms with Crippen molar-refractivity contribution in [2.24, 2.45) is 0 Å². The molecule has 0 aliphatic rings. The summed E-state index contributed by atoms with van der Waals surface area (Å²) in [6.07, 6.45) is 0. The predicted octanol–water partition coefficient (Wildman–Crippen LogP) is 7.53. The molecular weight excluding hydrogens is 780 g/mol. The van der Waals surface area contributed by atoms with Crippen molar-refractivity contribution in [1.82, 2.24) is 0 Å². The van der Waals surface area contributed by atoms with Crippen LogP contribution < -0.4 is 31.8 Å². The van der Waals surface area contributed by atoms with E-state index in [1.807, 2.05) is 30.3 Å². The van der Waals surface area contributed by atoms with Gasteiger partial charge in [-0.05, 0) is 21.2 Å². The van der Waals surface area contributed by atoms with Gasteiger partial charge in [-0.15, -0.1) is 27.9 Å². The second-order valence-corrected chi connectivity index (χ2v) is 15.1. The van der Waals surface area contributed by atoms with Crippen molar-refractivity contribution in [3.63, 3.8) is 0 Å². The van der Waals surface area contributed by atoms with Gasteiger partial charge in [0.25, 0.3) is 0 Å². The summed E-state index contributed by atoms with van der Waals surface area (Å²) in [7, 11) is -1.34. The maximum atomic E-state index is 2.59. The minimum absolute atomic E-state index is 0. The van der Waals surface area contributed by atoms with Crippen molar-refractivity contribution in [3.05, 3.63) is 165 Å². The van der Waals surface area contributed by atoms with E-state index in [1.54, 1.807) is 0 Å². The van der Waals surface area contributed by atoms with Crippen LogP contribution in [0.5, 0.6) is 0 Å². The molecule has 0 amide bonds. The molecule has 0 heterocycles. The average molecular weight is 806 g/mol. The van der Waals surface area contributed by atoms with E-state index in [-0.39, 0.29) is 17.1 Å². The SMILES string of the molecule is Ic1c(P(c2ccccc2)c2ccccc2)c(P(c2ccccc2)c2ccccc2)c[c-]1I.[Fe].[cH-]1[cH-][cH-][cH-][cH-]1.